The van der Waals surface area contributed by atoms with Crippen molar-refractivity contribution in [3.63, 3.8) is 0 Å². The van der Waals surface area contributed by atoms with E-state index in [1.165, 1.54) is 0 Å². The minimum Gasteiger partial charge on any atom is -0.490 e. The number of carbonyl (C=O) groups is 1. The van der Waals surface area contributed by atoms with Crippen molar-refractivity contribution in [2.45, 2.75) is 41.5 Å². The number of ether oxygens (including phenoxy) is 3. The van der Waals surface area contributed by atoms with E-state index in [0.717, 1.165) is 35.5 Å². The maximum Gasteiger partial charge on any atom is 0.257 e. The molecule has 0 aliphatic heterocycles. The van der Waals surface area contributed by atoms with Crippen LogP contribution in [0.1, 0.15) is 50.5 Å². The molecule has 4 aromatic rings. The lowest BCUT2D eigenvalue weighted by Crippen LogP contribution is -2.34. The monoisotopic (exact) mass is 590 g/mol. The van der Waals surface area contributed by atoms with Crippen LogP contribution in [0, 0.1) is 6.92 Å². The molecule has 11 heteroatoms. The van der Waals surface area contributed by atoms with Gasteiger partial charge in [-0.1, -0.05) is 0 Å². The van der Waals surface area contributed by atoms with Crippen LogP contribution in [0.2, 0.25) is 0 Å². The molecule has 0 aliphatic carbocycles. The highest BCUT2D eigenvalue weighted by atomic mass is 32.1. The van der Waals surface area contributed by atoms with Crippen LogP contribution in [0.3, 0.4) is 0 Å². The number of aryl methyl sites for hydroxylation is 1. The summed E-state index contributed by atoms with van der Waals surface area (Å²) in [6, 6.07) is 15.2. The summed E-state index contributed by atoms with van der Waals surface area (Å²) in [6.07, 6.45) is 0. The number of aromatic nitrogens is 3. The molecule has 1 aromatic heterocycles. The van der Waals surface area contributed by atoms with Crippen molar-refractivity contribution in [2.75, 3.05) is 43.1 Å². The largest absolute Gasteiger partial charge is 0.490 e. The number of benzene rings is 3. The number of fused-ring (bicyclic) bond motifs is 1. The van der Waals surface area contributed by atoms with Gasteiger partial charge in [0.25, 0.3) is 5.91 Å². The molecule has 10 nitrogen and oxygen atoms in total. The lowest BCUT2D eigenvalue weighted by molar-refractivity contribution is 0.0976. The Morgan fingerprint density at radius 2 is 1.43 bits per heavy atom. The van der Waals surface area contributed by atoms with Gasteiger partial charge in [0.15, 0.2) is 16.6 Å². The summed E-state index contributed by atoms with van der Waals surface area (Å²) in [5, 5.41) is 15.4. The van der Waals surface area contributed by atoms with Crippen LogP contribution in [0.4, 0.5) is 11.4 Å². The number of hydrogen-bond acceptors (Lipinski definition) is 8. The summed E-state index contributed by atoms with van der Waals surface area (Å²) in [5.41, 5.74) is 5.42. The van der Waals surface area contributed by atoms with Gasteiger partial charge in [0, 0.05) is 30.0 Å². The number of thiocarbonyl (C=S) groups is 1. The molecule has 0 unspecified atom stereocenters. The number of amides is 1. The number of hydrogen-bond donors (Lipinski definition) is 2. The van der Waals surface area contributed by atoms with Gasteiger partial charge >= 0.3 is 0 Å². The number of carbonyl (C=O) groups excluding carboxylic acids is 1. The fraction of sp³-hybridized carbons (Fsp3) is 0.355. The quantitative estimate of drug-likeness (QED) is 0.195. The average molecular weight is 591 g/mol. The second kappa shape index (κ2) is 14.0. The number of nitrogens with zero attached hydrogens (tertiary/aromatic N) is 4. The van der Waals surface area contributed by atoms with E-state index in [-0.39, 0.29) is 5.11 Å². The topological polar surface area (TPSA) is 103 Å². The van der Waals surface area contributed by atoms with Crippen LogP contribution >= 0.6 is 12.2 Å². The van der Waals surface area contributed by atoms with Gasteiger partial charge < -0.3 is 24.4 Å². The van der Waals surface area contributed by atoms with Gasteiger partial charge in [-0.2, -0.15) is 4.80 Å². The summed E-state index contributed by atoms with van der Waals surface area (Å²) in [7, 11) is 0. The molecule has 0 saturated heterocycles. The van der Waals surface area contributed by atoms with Crippen molar-refractivity contribution in [2.24, 2.45) is 0 Å². The molecule has 2 N–H and O–H groups in total. The molecule has 3 aromatic carbocycles. The van der Waals surface area contributed by atoms with Crippen LogP contribution in [0.5, 0.6) is 17.2 Å². The Morgan fingerprint density at radius 3 is 1.98 bits per heavy atom. The molecule has 0 fully saturated rings. The molecular formula is C31H38N6O4S. The Morgan fingerprint density at radius 1 is 0.857 bits per heavy atom. The van der Waals surface area contributed by atoms with Crippen molar-refractivity contribution in [3.05, 3.63) is 59.7 Å². The zero-order valence-electron chi connectivity index (χ0n) is 25.0. The summed E-state index contributed by atoms with van der Waals surface area (Å²) < 4.78 is 17.2. The molecule has 1 heterocycles. The van der Waals surface area contributed by atoms with Crippen molar-refractivity contribution < 1.29 is 19.0 Å². The van der Waals surface area contributed by atoms with Gasteiger partial charge in [-0.15, -0.1) is 10.2 Å². The second-order valence-electron chi connectivity index (χ2n) is 9.34. The molecular weight excluding hydrogens is 552 g/mol. The molecule has 0 spiro atoms. The molecule has 0 saturated carbocycles. The number of anilines is 2. The van der Waals surface area contributed by atoms with Crippen LogP contribution in [-0.2, 0) is 0 Å². The van der Waals surface area contributed by atoms with E-state index >= 15 is 0 Å². The third kappa shape index (κ3) is 6.91. The van der Waals surface area contributed by atoms with E-state index in [9.17, 15) is 4.79 Å². The van der Waals surface area contributed by atoms with Crippen molar-refractivity contribution in [1.29, 1.82) is 0 Å². The summed E-state index contributed by atoms with van der Waals surface area (Å²) >= 11 is 5.49. The lowest BCUT2D eigenvalue weighted by Gasteiger charge is -2.20. The van der Waals surface area contributed by atoms with Crippen LogP contribution in [0.15, 0.2) is 48.5 Å². The number of nitrogens with one attached hydrogen (secondary N) is 2. The molecule has 222 valence electrons. The fourth-order valence-corrected chi connectivity index (χ4v) is 4.75. The molecule has 0 radical (unpaired) electrons. The lowest BCUT2D eigenvalue weighted by atomic mass is 10.1. The van der Waals surface area contributed by atoms with Crippen molar-refractivity contribution >= 4 is 45.6 Å². The second-order valence-corrected chi connectivity index (χ2v) is 9.75. The van der Waals surface area contributed by atoms with E-state index in [2.05, 4.69) is 51.7 Å². The third-order valence-corrected chi connectivity index (χ3v) is 6.79. The third-order valence-electron chi connectivity index (χ3n) is 6.58. The Hall–Kier alpha value is -4.38. The van der Waals surface area contributed by atoms with Gasteiger partial charge in [-0.25, -0.2) is 0 Å². The first kappa shape index (κ1) is 30.6. The Labute approximate surface area is 251 Å². The molecule has 42 heavy (non-hydrogen) atoms. The maximum atomic E-state index is 13.2. The first-order valence-corrected chi connectivity index (χ1v) is 14.6. The Balaban J connectivity index is 1.51. The Kier molecular flexibility index (Phi) is 10.2. The standard InChI is InChI=1S/C31H38N6O4S/c1-7-36(8-2)22-12-14-23(15-13-22)37-34-25-16-20(6)24(19-26(25)35-37)32-31(42)33-30(38)21-17-27(39-9-3)29(41-11-5)28(18-21)40-10-4/h12-19H,7-11H2,1-6H3,(H2,32,33,38,42). The first-order valence-electron chi connectivity index (χ1n) is 14.2. The first-order chi connectivity index (χ1) is 20.3. The van der Waals surface area contributed by atoms with Gasteiger partial charge in [-0.3, -0.25) is 10.1 Å². The van der Waals surface area contributed by atoms with Crippen LogP contribution in [-0.4, -0.2) is 58.9 Å². The molecule has 4 rings (SSSR count). The maximum absolute atomic E-state index is 13.2. The van der Waals surface area contributed by atoms with E-state index in [0.29, 0.717) is 53.8 Å². The van der Waals surface area contributed by atoms with Gasteiger partial charge in [0.1, 0.15) is 11.0 Å². The normalized spacial score (nSPS) is 10.8. The molecule has 0 bridgehead atoms. The van der Waals surface area contributed by atoms with E-state index in [1.54, 1.807) is 16.9 Å². The van der Waals surface area contributed by atoms with E-state index < -0.39 is 5.91 Å². The highest BCUT2D eigenvalue weighted by Crippen LogP contribution is 2.39. The predicted molar refractivity (Wildman–Crippen MR) is 171 cm³/mol. The fourth-order valence-electron chi connectivity index (χ4n) is 4.55. The average Bonchev–Trinajstić information content (AvgIpc) is 3.38. The van der Waals surface area contributed by atoms with Crippen molar-refractivity contribution in [3.8, 4) is 22.9 Å². The predicted octanol–water partition coefficient (Wildman–Crippen LogP) is 5.90. The molecule has 0 atom stereocenters. The summed E-state index contributed by atoms with van der Waals surface area (Å²) in [4.78, 5) is 17.1. The SMILES string of the molecule is CCOc1cc(C(=O)NC(=S)Nc2cc3nn(-c4ccc(N(CC)CC)cc4)nc3cc2C)cc(OCC)c1OCC. The van der Waals surface area contributed by atoms with E-state index in [1.807, 2.05) is 52.0 Å². The minimum atomic E-state index is -0.407. The highest BCUT2D eigenvalue weighted by molar-refractivity contribution is 7.80. The molecule has 0 aliphatic rings. The van der Waals surface area contributed by atoms with Crippen LogP contribution in [0.25, 0.3) is 16.7 Å². The van der Waals surface area contributed by atoms with Crippen LogP contribution < -0.4 is 29.7 Å². The van der Waals surface area contributed by atoms with Gasteiger partial charge in [0.2, 0.25) is 5.75 Å². The van der Waals surface area contributed by atoms with Gasteiger partial charge in [0.05, 0.1) is 25.5 Å². The smallest absolute Gasteiger partial charge is 0.257 e. The highest BCUT2D eigenvalue weighted by Gasteiger charge is 2.19. The van der Waals surface area contributed by atoms with E-state index in [4.69, 9.17) is 26.4 Å². The zero-order valence-corrected chi connectivity index (χ0v) is 25.8. The molecule has 1 amide bonds. The Bertz CT molecular complexity index is 1520. The van der Waals surface area contributed by atoms with Gasteiger partial charge in [-0.05, 0) is 108 Å². The minimum absolute atomic E-state index is 0.145. The zero-order chi connectivity index (χ0) is 30.2. The van der Waals surface area contributed by atoms with Crippen molar-refractivity contribution in [1.82, 2.24) is 20.3 Å². The summed E-state index contributed by atoms with van der Waals surface area (Å²) in [6.45, 7) is 15.0. The summed E-state index contributed by atoms with van der Waals surface area (Å²) in [5.74, 6) is 0.924. The number of rotatable bonds is 12.